The lowest BCUT2D eigenvalue weighted by Gasteiger charge is -2.40. The van der Waals surface area contributed by atoms with Crippen molar-refractivity contribution >= 4 is 20.9 Å². The molecule has 0 bridgehead atoms. The molecule has 25 heavy (non-hydrogen) atoms. The molecule has 1 N–H and O–H groups in total. The Morgan fingerprint density at radius 1 is 1.24 bits per heavy atom. The topological polar surface area (TPSA) is 71.5 Å². The molecule has 0 saturated carbocycles. The minimum absolute atomic E-state index is 0.277. The van der Waals surface area contributed by atoms with E-state index in [1.54, 1.807) is 30.5 Å². The number of nitrogens with one attached hydrogen (secondary N) is 1. The highest BCUT2D eigenvalue weighted by Gasteiger charge is 2.30. The van der Waals surface area contributed by atoms with Crippen LogP contribution in [0.5, 0.6) is 0 Å². The Morgan fingerprint density at radius 3 is 2.68 bits per heavy atom. The molecule has 0 radical (unpaired) electrons. The van der Waals surface area contributed by atoms with Crippen LogP contribution in [0.2, 0.25) is 0 Å². The summed E-state index contributed by atoms with van der Waals surface area (Å²) in [6, 6.07) is 7.02. The number of aryl methyl sites for hydroxylation is 1. The van der Waals surface area contributed by atoms with Crippen molar-refractivity contribution in [3.05, 3.63) is 36.0 Å². The molecular formula is C18H25N3O3S. The van der Waals surface area contributed by atoms with Crippen LogP contribution >= 0.6 is 0 Å². The fraction of sp³-hybridized carbons (Fsp3) is 0.500. The van der Waals surface area contributed by atoms with Gasteiger partial charge in [-0.2, -0.15) is 0 Å². The highest BCUT2D eigenvalue weighted by Crippen LogP contribution is 2.24. The first-order valence-corrected chi connectivity index (χ1v) is 9.96. The maximum absolute atomic E-state index is 12.9. The zero-order valence-electron chi connectivity index (χ0n) is 14.9. The van der Waals surface area contributed by atoms with Crippen LogP contribution in [0.3, 0.4) is 0 Å². The maximum Gasteiger partial charge on any atom is 0.241 e. The van der Waals surface area contributed by atoms with Crippen molar-refractivity contribution in [3.63, 3.8) is 0 Å². The maximum atomic E-state index is 12.9. The van der Waals surface area contributed by atoms with Crippen molar-refractivity contribution in [2.45, 2.75) is 31.2 Å². The number of aromatic nitrogens is 1. The average Bonchev–Trinajstić information content (AvgIpc) is 2.61. The zero-order chi connectivity index (χ0) is 18.1. The highest BCUT2D eigenvalue weighted by atomic mass is 32.2. The number of sulfonamides is 1. The Hall–Kier alpha value is -1.54. The minimum atomic E-state index is -3.62. The van der Waals surface area contributed by atoms with Gasteiger partial charge in [0.15, 0.2) is 0 Å². The first-order chi connectivity index (χ1) is 11.8. The van der Waals surface area contributed by atoms with E-state index in [1.807, 2.05) is 6.92 Å². The zero-order valence-corrected chi connectivity index (χ0v) is 15.8. The molecule has 1 aliphatic rings. The number of rotatable bonds is 5. The lowest BCUT2D eigenvalue weighted by Crippen LogP contribution is -2.55. The molecule has 1 aliphatic heterocycles. The number of ether oxygens (including phenoxy) is 1. The Kier molecular flexibility index (Phi) is 5.11. The van der Waals surface area contributed by atoms with Gasteiger partial charge >= 0.3 is 0 Å². The van der Waals surface area contributed by atoms with Crippen LogP contribution in [-0.4, -0.2) is 56.7 Å². The summed E-state index contributed by atoms with van der Waals surface area (Å²) in [5.41, 5.74) is 1.40. The monoisotopic (exact) mass is 363 g/mol. The third-order valence-corrected chi connectivity index (χ3v) is 6.24. The number of hydrogen-bond donors (Lipinski definition) is 1. The van der Waals surface area contributed by atoms with Crippen molar-refractivity contribution in [3.8, 4) is 0 Å². The summed E-state index contributed by atoms with van der Waals surface area (Å²) >= 11 is 0. The van der Waals surface area contributed by atoms with Crippen molar-refractivity contribution in [2.75, 3.05) is 32.8 Å². The second kappa shape index (κ2) is 6.99. The number of fused-ring (bicyclic) bond motifs is 1. The number of nitrogens with zero attached hydrogens (tertiary/aromatic N) is 2. The molecule has 1 aromatic heterocycles. The van der Waals surface area contributed by atoms with E-state index in [0.29, 0.717) is 25.1 Å². The van der Waals surface area contributed by atoms with Gasteiger partial charge in [0.25, 0.3) is 0 Å². The molecule has 0 aliphatic carbocycles. The van der Waals surface area contributed by atoms with E-state index in [2.05, 4.69) is 28.5 Å². The molecule has 2 heterocycles. The van der Waals surface area contributed by atoms with Crippen molar-refractivity contribution in [1.82, 2.24) is 14.6 Å². The molecular weight excluding hydrogens is 338 g/mol. The predicted molar refractivity (Wildman–Crippen MR) is 98.1 cm³/mol. The first-order valence-electron chi connectivity index (χ1n) is 8.48. The van der Waals surface area contributed by atoms with Crippen LogP contribution in [0.1, 0.15) is 19.4 Å². The van der Waals surface area contributed by atoms with E-state index in [1.165, 1.54) is 0 Å². The van der Waals surface area contributed by atoms with E-state index in [-0.39, 0.29) is 10.4 Å². The van der Waals surface area contributed by atoms with Gasteiger partial charge < -0.3 is 4.74 Å². The standard InChI is InChI=1S/C18H25N3O3S/c1-14-6-7-16(15-5-4-8-19-17(14)15)25(22,23)20-13-18(2,3)21-9-11-24-12-10-21/h4-8,20H,9-13H2,1-3H3. The van der Waals surface area contributed by atoms with Gasteiger partial charge in [-0.3, -0.25) is 9.88 Å². The number of pyridine rings is 1. The molecule has 0 atom stereocenters. The summed E-state index contributed by atoms with van der Waals surface area (Å²) in [5.74, 6) is 0. The lowest BCUT2D eigenvalue weighted by molar-refractivity contribution is -0.00803. The third kappa shape index (κ3) is 3.84. The molecule has 6 nitrogen and oxygen atoms in total. The van der Waals surface area contributed by atoms with E-state index in [9.17, 15) is 8.42 Å². The van der Waals surface area contributed by atoms with Crippen LogP contribution in [0.4, 0.5) is 0 Å². The van der Waals surface area contributed by atoms with Crippen molar-refractivity contribution in [2.24, 2.45) is 0 Å². The molecule has 0 amide bonds. The fourth-order valence-corrected chi connectivity index (χ4v) is 4.55. The van der Waals surface area contributed by atoms with Crippen molar-refractivity contribution in [1.29, 1.82) is 0 Å². The van der Waals surface area contributed by atoms with Gasteiger partial charge in [-0.1, -0.05) is 6.07 Å². The fourth-order valence-electron chi connectivity index (χ4n) is 3.15. The largest absolute Gasteiger partial charge is 0.379 e. The SMILES string of the molecule is Cc1ccc(S(=O)(=O)NCC(C)(C)N2CCOCC2)c2cccnc12. The van der Waals surface area contributed by atoms with Gasteiger partial charge in [0.2, 0.25) is 10.0 Å². The Labute approximate surface area is 149 Å². The summed E-state index contributed by atoms with van der Waals surface area (Å²) in [6.45, 7) is 9.37. The second-order valence-corrected chi connectivity index (χ2v) is 8.75. The van der Waals surface area contributed by atoms with Crippen LogP contribution in [-0.2, 0) is 14.8 Å². The predicted octanol–water partition coefficient (Wildman–Crippen LogP) is 1.93. The van der Waals surface area contributed by atoms with Crippen LogP contribution in [0, 0.1) is 6.92 Å². The van der Waals surface area contributed by atoms with Gasteiger partial charge in [0.1, 0.15) is 0 Å². The molecule has 136 valence electrons. The van der Waals surface area contributed by atoms with Gasteiger partial charge in [0.05, 0.1) is 23.6 Å². The normalized spacial score (nSPS) is 17.1. The Balaban J connectivity index is 1.84. The molecule has 1 saturated heterocycles. The second-order valence-electron chi connectivity index (χ2n) is 7.02. The summed E-state index contributed by atoms with van der Waals surface area (Å²) in [5, 5.41) is 0.652. The van der Waals surface area contributed by atoms with Gasteiger partial charge in [-0.15, -0.1) is 0 Å². The average molecular weight is 363 g/mol. The molecule has 3 rings (SSSR count). The molecule has 0 spiro atoms. The van der Waals surface area contributed by atoms with Gasteiger partial charge in [-0.25, -0.2) is 13.1 Å². The highest BCUT2D eigenvalue weighted by molar-refractivity contribution is 7.89. The van der Waals surface area contributed by atoms with Crippen LogP contribution < -0.4 is 4.72 Å². The summed E-state index contributed by atoms with van der Waals surface area (Å²) in [6.07, 6.45) is 1.68. The van der Waals surface area contributed by atoms with E-state index < -0.39 is 10.0 Å². The van der Waals surface area contributed by atoms with Crippen LogP contribution in [0.15, 0.2) is 35.4 Å². The van der Waals surface area contributed by atoms with E-state index >= 15 is 0 Å². The number of morpholine rings is 1. The number of benzene rings is 1. The summed E-state index contributed by atoms with van der Waals surface area (Å²) < 4.78 is 34.0. The Bertz CT molecular complexity index is 859. The van der Waals surface area contributed by atoms with Crippen molar-refractivity contribution < 1.29 is 13.2 Å². The van der Waals surface area contributed by atoms with Crippen LogP contribution in [0.25, 0.3) is 10.9 Å². The molecule has 7 heteroatoms. The van der Waals surface area contributed by atoms with Gasteiger partial charge in [-0.05, 0) is 44.5 Å². The third-order valence-electron chi connectivity index (χ3n) is 4.78. The van der Waals surface area contributed by atoms with E-state index in [4.69, 9.17) is 4.74 Å². The Morgan fingerprint density at radius 2 is 1.96 bits per heavy atom. The smallest absolute Gasteiger partial charge is 0.241 e. The van der Waals surface area contributed by atoms with E-state index in [0.717, 1.165) is 24.2 Å². The minimum Gasteiger partial charge on any atom is -0.379 e. The lowest BCUT2D eigenvalue weighted by atomic mass is 10.0. The summed E-state index contributed by atoms with van der Waals surface area (Å²) in [4.78, 5) is 6.86. The van der Waals surface area contributed by atoms with Gasteiger partial charge in [0, 0.05) is 36.8 Å². The number of hydrogen-bond acceptors (Lipinski definition) is 5. The molecule has 2 aromatic rings. The quantitative estimate of drug-likeness (QED) is 0.879. The summed E-state index contributed by atoms with van der Waals surface area (Å²) in [7, 11) is -3.62. The molecule has 1 aromatic carbocycles. The molecule has 1 fully saturated rings. The first kappa shape index (κ1) is 18.3. The molecule has 0 unspecified atom stereocenters.